The van der Waals surface area contributed by atoms with Crippen molar-refractivity contribution in [3.05, 3.63) is 64.3 Å². The van der Waals surface area contributed by atoms with Gasteiger partial charge in [0.05, 0.1) is 12.3 Å². The van der Waals surface area contributed by atoms with Gasteiger partial charge in [-0.25, -0.2) is 4.39 Å². The van der Waals surface area contributed by atoms with Gasteiger partial charge in [0.15, 0.2) is 0 Å². The average molecular weight is 346 g/mol. The molecule has 1 heterocycles. The van der Waals surface area contributed by atoms with Gasteiger partial charge in [-0.1, -0.05) is 25.1 Å². The lowest BCUT2D eigenvalue weighted by Crippen LogP contribution is -2.24. The van der Waals surface area contributed by atoms with Gasteiger partial charge in [-0.3, -0.25) is 9.59 Å². The predicted octanol–water partition coefficient (Wildman–Crippen LogP) is 2.84. The molecular formula is C19H23FN2O3. The number of ether oxygens (including phenoxy) is 1. The second-order valence-electron chi connectivity index (χ2n) is 5.96. The average Bonchev–Trinajstić information content (AvgIpc) is 2.61. The van der Waals surface area contributed by atoms with Gasteiger partial charge in [-0.2, -0.15) is 0 Å². The lowest BCUT2D eigenvalue weighted by molar-refractivity contribution is -0.119. The van der Waals surface area contributed by atoms with Gasteiger partial charge >= 0.3 is 0 Å². The predicted molar refractivity (Wildman–Crippen MR) is 95.1 cm³/mol. The number of halogens is 1. The largest absolute Gasteiger partial charge is 0.383 e. The Bertz CT molecular complexity index is 773. The van der Waals surface area contributed by atoms with Crippen LogP contribution in [-0.2, 0) is 22.5 Å². The molecule has 25 heavy (non-hydrogen) atoms. The van der Waals surface area contributed by atoms with E-state index >= 15 is 0 Å². The maximum Gasteiger partial charge on any atom is 0.250 e. The van der Waals surface area contributed by atoms with E-state index in [1.54, 1.807) is 44.5 Å². The highest BCUT2D eigenvalue weighted by Crippen LogP contribution is 2.15. The Morgan fingerprint density at radius 3 is 2.76 bits per heavy atom. The van der Waals surface area contributed by atoms with Gasteiger partial charge in [0.2, 0.25) is 5.91 Å². The van der Waals surface area contributed by atoms with Crippen molar-refractivity contribution in [2.45, 2.75) is 26.3 Å². The minimum Gasteiger partial charge on any atom is -0.383 e. The molecular weight excluding hydrogens is 323 g/mol. The second-order valence-corrected chi connectivity index (χ2v) is 5.96. The lowest BCUT2D eigenvalue weighted by atomic mass is 10.00. The number of aryl methyl sites for hydroxylation is 1. The molecule has 0 aliphatic rings. The first-order valence-corrected chi connectivity index (χ1v) is 8.25. The number of hydrogen-bond acceptors (Lipinski definition) is 3. The molecule has 2 rings (SSSR count). The summed E-state index contributed by atoms with van der Waals surface area (Å²) >= 11 is 0. The number of aromatic nitrogens is 1. The highest BCUT2D eigenvalue weighted by atomic mass is 19.1. The topological polar surface area (TPSA) is 60.3 Å². The zero-order valence-corrected chi connectivity index (χ0v) is 14.5. The quantitative estimate of drug-likeness (QED) is 0.799. The first kappa shape index (κ1) is 18.9. The summed E-state index contributed by atoms with van der Waals surface area (Å²) < 4.78 is 20.1. The summed E-state index contributed by atoms with van der Waals surface area (Å²) in [6.07, 6.45) is 2.63. The summed E-state index contributed by atoms with van der Waals surface area (Å²) in [7, 11) is 1.56. The third-order valence-electron chi connectivity index (χ3n) is 4.04. The highest BCUT2D eigenvalue weighted by Gasteiger charge is 2.14. The molecule has 2 aromatic rings. The third-order valence-corrected chi connectivity index (χ3v) is 4.04. The van der Waals surface area contributed by atoms with Crippen molar-refractivity contribution < 1.29 is 13.9 Å². The Morgan fingerprint density at radius 2 is 2.04 bits per heavy atom. The number of carbonyl (C=O) groups excluding carboxylic acids is 1. The molecule has 0 saturated carbocycles. The minimum absolute atomic E-state index is 0.150. The summed E-state index contributed by atoms with van der Waals surface area (Å²) in [4.78, 5) is 24.1. The highest BCUT2D eigenvalue weighted by molar-refractivity contribution is 5.92. The van der Waals surface area contributed by atoms with Crippen LogP contribution in [0.25, 0.3) is 0 Å². The maximum atomic E-state index is 13.6. The molecule has 5 nitrogen and oxygen atoms in total. The molecule has 6 heteroatoms. The van der Waals surface area contributed by atoms with E-state index < -0.39 is 0 Å². The lowest BCUT2D eigenvalue weighted by Gasteiger charge is -2.14. The molecule has 0 aliphatic heterocycles. The van der Waals surface area contributed by atoms with Crippen molar-refractivity contribution in [1.29, 1.82) is 0 Å². The number of nitrogens with one attached hydrogen (secondary N) is 1. The fraction of sp³-hybridized carbons (Fsp3) is 0.368. The Morgan fingerprint density at radius 1 is 1.28 bits per heavy atom. The van der Waals surface area contributed by atoms with Crippen LogP contribution in [0.2, 0.25) is 0 Å². The van der Waals surface area contributed by atoms with Crippen molar-refractivity contribution in [3.8, 4) is 0 Å². The van der Waals surface area contributed by atoms with Crippen molar-refractivity contribution in [1.82, 2.24) is 4.57 Å². The van der Waals surface area contributed by atoms with Crippen molar-refractivity contribution in [2.24, 2.45) is 5.92 Å². The van der Waals surface area contributed by atoms with Crippen LogP contribution in [-0.4, -0.2) is 24.2 Å². The third kappa shape index (κ3) is 5.53. The smallest absolute Gasteiger partial charge is 0.250 e. The molecule has 1 aromatic carbocycles. The molecule has 1 aromatic heterocycles. The molecule has 134 valence electrons. The van der Waals surface area contributed by atoms with E-state index in [1.165, 1.54) is 16.7 Å². The Balaban J connectivity index is 1.94. The summed E-state index contributed by atoms with van der Waals surface area (Å²) in [6.45, 7) is 2.63. The maximum absolute atomic E-state index is 13.6. The van der Waals surface area contributed by atoms with E-state index in [0.29, 0.717) is 37.2 Å². The standard InChI is InChI=1S/C19H23FN2O3/c1-14(7-8-15-5-3-4-6-17(15)20)19(24)21-16-9-10-18(23)22(13-16)11-12-25-2/h3-6,9-10,13-14H,7-8,11-12H2,1-2H3,(H,21,24)/t14-/m1/s1. The number of nitrogens with zero attached hydrogens (tertiary/aromatic N) is 1. The van der Waals surface area contributed by atoms with Gasteiger partial charge in [0.25, 0.3) is 5.56 Å². The molecule has 0 spiro atoms. The van der Waals surface area contributed by atoms with Gasteiger partial charge in [-0.15, -0.1) is 0 Å². The van der Waals surface area contributed by atoms with Crippen molar-refractivity contribution in [3.63, 3.8) is 0 Å². The molecule has 0 fully saturated rings. The molecule has 0 bridgehead atoms. The number of pyridine rings is 1. The Hall–Kier alpha value is -2.47. The molecule has 0 unspecified atom stereocenters. The van der Waals surface area contributed by atoms with E-state index in [9.17, 15) is 14.0 Å². The zero-order valence-electron chi connectivity index (χ0n) is 14.5. The van der Waals surface area contributed by atoms with Crippen molar-refractivity contribution >= 4 is 11.6 Å². The molecule has 0 radical (unpaired) electrons. The zero-order chi connectivity index (χ0) is 18.2. The molecule has 1 N–H and O–H groups in total. The number of rotatable bonds is 8. The van der Waals surface area contributed by atoms with Crippen LogP contribution in [0.3, 0.4) is 0 Å². The van der Waals surface area contributed by atoms with Crippen molar-refractivity contribution in [2.75, 3.05) is 19.0 Å². The normalized spacial score (nSPS) is 12.0. The minimum atomic E-state index is -0.279. The number of carbonyl (C=O) groups is 1. The van der Waals surface area contributed by atoms with E-state index in [0.717, 1.165) is 0 Å². The molecule has 1 atom stereocenters. The monoisotopic (exact) mass is 346 g/mol. The Labute approximate surface area is 146 Å². The van der Waals surface area contributed by atoms with Crippen LogP contribution in [0.5, 0.6) is 0 Å². The molecule has 0 saturated heterocycles. The van der Waals surface area contributed by atoms with E-state index in [-0.39, 0.29) is 23.2 Å². The van der Waals surface area contributed by atoms with Gasteiger partial charge in [-0.05, 0) is 30.5 Å². The van der Waals surface area contributed by atoms with E-state index in [1.807, 2.05) is 0 Å². The fourth-order valence-corrected chi connectivity index (χ4v) is 2.44. The summed E-state index contributed by atoms with van der Waals surface area (Å²) in [6, 6.07) is 9.57. The number of methoxy groups -OCH3 is 1. The van der Waals surface area contributed by atoms with Crippen LogP contribution in [0.15, 0.2) is 47.4 Å². The van der Waals surface area contributed by atoms with Gasteiger partial charge < -0.3 is 14.6 Å². The van der Waals surface area contributed by atoms with E-state index in [4.69, 9.17) is 4.74 Å². The summed E-state index contributed by atoms with van der Waals surface area (Å²) in [5.41, 5.74) is 1.01. The van der Waals surface area contributed by atoms with Gasteiger partial charge in [0.1, 0.15) is 5.82 Å². The van der Waals surface area contributed by atoms with E-state index in [2.05, 4.69) is 5.32 Å². The first-order chi connectivity index (χ1) is 12.0. The number of benzene rings is 1. The summed E-state index contributed by atoms with van der Waals surface area (Å²) in [5, 5.41) is 2.80. The van der Waals surface area contributed by atoms with Crippen LogP contribution in [0, 0.1) is 11.7 Å². The van der Waals surface area contributed by atoms with Crippen LogP contribution in [0.4, 0.5) is 10.1 Å². The fourth-order valence-electron chi connectivity index (χ4n) is 2.44. The van der Waals surface area contributed by atoms with Crippen LogP contribution >= 0.6 is 0 Å². The number of amides is 1. The van der Waals surface area contributed by atoms with Gasteiger partial charge in [0, 0.05) is 31.8 Å². The summed E-state index contributed by atoms with van der Waals surface area (Å²) in [5.74, 6) is -0.687. The SMILES string of the molecule is COCCn1cc(NC(=O)[C@H](C)CCc2ccccc2F)ccc1=O. The molecule has 0 aliphatic carbocycles. The van der Waals surface area contributed by atoms with Crippen LogP contribution in [0.1, 0.15) is 18.9 Å². The number of anilines is 1. The molecule has 1 amide bonds. The Kier molecular flexibility index (Phi) is 6.89. The van der Waals surface area contributed by atoms with Crippen LogP contribution < -0.4 is 10.9 Å². The first-order valence-electron chi connectivity index (χ1n) is 8.25. The number of hydrogen-bond donors (Lipinski definition) is 1. The second kappa shape index (κ2) is 9.13.